The molecule has 0 spiro atoms. The molecular weight excluding hydrogens is 370 g/mol. The summed E-state index contributed by atoms with van der Waals surface area (Å²) in [6.07, 6.45) is 0.875. The monoisotopic (exact) mass is 399 g/mol. The van der Waals surface area contributed by atoms with Gasteiger partial charge in [0.25, 0.3) is 0 Å². The number of hydrogen-bond acceptors (Lipinski definition) is 4. The summed E-state index contributed by atoms with van der Waals surface area (Å²) in [4.78, 5) is 26.2. The fourth-order valence-electron chi connectivity index (χ4n) is 2.76. The summed E-state index contributed by atoms with van der Waals surface area (Å²) in [5.74, 6) is 0.377. The van der Waals surface area contributed by atoms with Crippen LogP contribution in [0.15, 0.2) is 54.6 Å². The fraction of sp³-hybridized carbons (Fsp3) is 0.364. The largest absolute Gasteiger partial charge is 0.354 e. The van der Waals surface area contributed by atoms with Gasteiger partial charge in [0.15, 0.2) is 0 Å². The van der Waals surface area contributed by atoms with Crippen LogP contribution in [0, 0.1) is 6.92 Å². The van der Waals surface area contributed by atoms with Crippen LogP contribution in [0.25, 0.3) is 0 Å². The molecule has 0 aliphatic heterocycles. The minimum atomic E-state index is -0.0985. The molecule has 1 atom stereocenters. The second-order valence-corrected chi connectivity index (χ2v) is 8.01. The minimum absolute atomic E-state index is 0.0479. The molecule has 1 unspecified atom stereocenters. The molecule has 2 aromatic rings. The van der Waals surface area contributed by atoms with Crippen LogP contribution in [0.5, 0.6) is 0 Å². The second kappa shape index (κ2) is 11.5. The van der Waals surface area contributed by atoms with Crippen LogP contribution in [0.3, 0.4) is 0 Å². The van der Waals surface area contributed by atoms with Gasteiger partial charge in [0.05, 0.1) is 11.5 Å². The molecule has 2 N–H and O–H groups in total. The first-order valence-electron chi connectivity index (χ1n) is 9.35. The molecule has 0 aromatic heterocycles. The number of benzene rings is 2. The molecule has 0 saturated carbocycles. The molecule has 5 nitrogen and oxygen atoms in total. The van der Waals surface area contributed by atoms with Crippen LogP contribution in [-0.2, 0) is 16.0 Å². The summed E-state index contributed by atoms with van der Waals surface area (Å²) < 4.78 is 0. The van der Waals surface area contributed by atoms with Crippen LogP contribution in [0.4, 0.5) is 5.69 Å². The molecule has 150 valence electrons. The lowest BCUT2D eigenvalue weighted by Crippen LogP contribution is -2.42. The Morgan fingerprint density at radius 2 is 1.71 bits per heavy atom. The minimum Gasteiger partial charge on any atom is -0.354 e. The van der Waals surface area contributed by atoms with Gasteiger partial charge in [0.1, 0.15) is 0 Å². The first-order valence-corrected chi connectivity index (χ1v) is 10.5. The van der Waals surface area contributed by atoms with Crippen LogP contribution < -0.4 is 10.6 Å². The molecule has 2 aromatic carbocycles. The maximum Gasteiger partial charge on any atom is 0.234 e. The zero-order valence-electron chi connectivity index (χ0n) is 16.8. The van der Waals surface area contributed by atoms with Crippen LogP contribution >= 0.6 is 11.8 Å². The molecule has 0 bridgehead atoms. The molecule has 2 amide bonds. The highest BCUT2D eigenvalue weighted by Gasteiger charge is 2.14. The van der Waals surface area contributed by atoms with Crippen molar-refractivity contribution in [3.8, 4) is 0 Å². The van der Waals surface area contributed by atoms with Gasteiger partial charge in [-0.15, -0.1) is 11.8 Å². The van der Waals surface area contributed by atoms with Crippen molar-refractivity contribution < 1.29 is 9.59 Å². The molecule has 0 heterocycles. The predicted molar refractivity (Wildman–Crippen MR) is 118 cm³/mol. The van der Waals surface area contributed by atoms with Gasteiger partial charge in [-0.3, -0.25) is 9.59 Å². The van der Waals surface area contributed by atoms with E-state index in [0.717, 1.165) is 17.7 Å². The highest BCUT2D eigenvalue weighted by Crippen LogP contribution is 2.11. The van der Waals surface area contributed by atoms with Crippen molar-refractivity contribution in [2.75, 3.05) is 37.5 Å². The number of thioether (sulfide) groups is 1. The average Bonchev–Trinajstić information content (AvgIpc) is 2.65. The van der Waals surface area contributed by atoms with Gasteiger partial charge in [-0.25, -0.2) is 0 Å². The van der Waals surface area contributed by atoms with Crippen molar-refractivity contribution in [3.63, 3.8) is 0 Å². The molecule has 6 heteroatoms. The van der Waals surface area contributed by atoms with E-state index in [2.05, 4.69) is 27.7 Å². The van der Waals surface area contributed by atoms with Gasteiger partial charge < -0.3 is 15.5 Å². The molecule has 0 saturated heterocycles. The van der Waals surface area contributed by atoms with E-state index in [-0.39, 0.29) is 29.4 Å². The Hall–Kier alpha value is -2.31. The lowest BCUT2D eigenvalue weighted by Gasteiger charge is -2.24. The average molecular weight is 400 g/mol. The van der Waals surface area contributed by atoms with Gasteiger partial charge in [0.2, 0.25) is 11.8 Å². The third-order valence-electron chi connectivity index (χ3n) is 4.35. The molecule has 0 aliphatic rings. The van der Waals surface area contributed by atoms with E-state index >= 15 is 0 Å². The lowest BCUT2D eigenvalue weighted by atomic mass is 10.1. The summed E-state index contributed by atoms with van der Waals surface area (Å²) in [6.45, 7) is 2.56. The van der Waals surface area contributed by atoms with Crippen molar-refractivity contribution >= 4 is 29.3 Å². The van der Waals surface area contributed by atoms with Gasteiger partial charge in [-0.1, -0.05) is 42.5 Å². The SMILES string of the molecule is Cc1cccc(NC(=O)CSCC(=O)NCC(Cc2ccccc2)N(C)C)c1. The molecule has 2 rings (SSSR count). The number of anilines is 1. The van der Waals surface area contributed by atoms with E-state index in [1.54, 1.807) is 0 Å². The third kappa shape index (κ3) is 8.15. The summed E-state index contributed by atoms with van der Waals surface area (Å²) in [6, 6.07) is 18.1. The van der Waals surface area contributed by atoms with E-state index in [0.29, 0.717) is 6.54 Å². The zero-order chi connectivity index (χ0) is 20.4. The fourth-order valence-corrected chi connectivity index (χ4v) is 3.41. The van der Waals surface area contributed by atoms with Crippen LogP contribution in [-0.4, -0.2) is 54.9 Å². The van der Waals surface area contributed by atoms with E-state index in [1.165, 1.54) is 17.3 Å². The first-order chi connectivity index (χ1) is 13.4. The lowest BCUT2D eigenvalue weighted by molar-refractivity contribution is -0.118. The molecule has 28 heavy (non-hydrogen) atoms. The van der Waals surface area contributed by atoms with Gasteiger partial charge in [-0.05, 0) is 50.7 Å². The van der Waals surface area contributed by atoms with E-state index < -0.39 is 0 Å². The number of nitrogens with zero attached hydrogens (tertiary/aromatic N) is 1. The smallest absolute Gasteiger partial charge is 0.234 e. The summed E-state index contributed by atoms with van der Waals surface area (Å²) >= 11 is 1.32. The Morgan fingerprint density at radius 3 is 2.39 bits per heavy atom. The highest BCUT2D eigenvalue weighted by molar-refractivity contribution is 8.00. The number of nitrogens with one attached hydrogen (secondary N) is 2. The normalized spacial score (nSPS) is 11.9. The molecule has 0 aliphatic carbocycles. The number of likely N-dealkylation sites (N-methyl/N-ethyl adjacent to an activating group) is 1. The Balaban J connectivity index is 1.68. The zero-order valence-corrected chi connectivity index (χ0v) is 17.6. The second-order valence-electron chi connectivity index (χ2n) is 7.02. The van der Waals surface area contributed by atoms with Crippen molar-refractivity contribution in [1.82, 2.24) is 10.2 Å². The van der Waals surface area contributed by atoms with Gasteiger partial charge in [0, 0.05) is 18.3 Å². The summed E-state index contributed by atoms with van der Waals surface area (Å²) in [7, 11) is 4.04. The quantitative estimate of drug-likeness (QED) is 0.645. The Labute approximate surface area is 171 Å². The highest BCUT2D eigenvalue weighted by atomic mass is 32.2. The number of rotatable bonds is 10. The van der Waals surface area contributed by atoms with Crippen molar-refractivity contribution in [2.45, 2.75) is 19.4 Å². The maximum atomic E-state index is 12.1. The Morgan fingerprint density at radius 1 is 1.00 bits per heavy atom. The summed E-state index contributed by atoms with van der Waals surface area (Å²) in [5, 5.41) is 5.83. The predicted octanol–water partition coefficient (Wildman–Crippen LogP) is 2.96. The molecular formula is C22H29N3O2S. The van der Waals surface area contributed by atoms with Crippen LogP contribution in [0.1, 0.15) is 11.1 Å². The molecule has 0 radical (unpaired) electrons. The third-order valence-corrected chi connectivity index (χ3v) is 5.28. The van der Waals surface area contributed by atoms with E-state index in [4.69, 9.17) is 0 Å². The van der Waals surface area contributed by atoms with Gasteiger partial charge in [-0.2, -0.15) is 0 Å². The Bertz CT molecular complexity index is 765. The standard InChI is InChI=1S/C22H29N3O2S/c1-17-8-7-11-19(12-17)24-22(27)16-28-15-21(26)23-14-20(25(2)3)13-18-9-5-4-6-10-18/h4-12,20H,13-16H2,1-3H3,(H,23,26)(H,24,27). The van der Waals surface area contributed by atoms with E-state index in [9.17, 15) is 9.59 Å². The number of hydrogen-bond donors (Lipinski definition) is 2. The van der Waals surface area contributed by atoms with Crippen LogP contribution in [0.2, 0.25) is 0 Å². The van der Waals surface area contributed by atoms with Crippen molar-refractivity contribution in [3.05, 3.63) is 65.7 Å². The number of carbonyl (C=O) groups excluding carboxylic acids is 2. The van der Waals surface area contributed by atoms with Crippen molar-refractivity contribution in [1.29, 1.82) is 0 Å². The van der Waals surface area contributed by atoms with Crippen molar-refractivity contribution in [2.24, 2.45) is 0 Å². The number of aryl methyl sites for hydroxylation is 1. The first kappa shape index (κ1) is 22.0. The topological polar surface area (TPSA) is 61.4 Å². The molecule has 0 fully saturated rings. The maximum absolute atomic E-state index is 12.1. The Kier molecular flexibility index (Phi) is 9.04. The number of amides is 2. The van der Waals surface area contributed by atoms with E-state index in [1.807, 2.05) is 63.5 Å². The number of carbonyl (C=O) groups is 2. The summed E-state index contributed by atoms with van der Waals surface area (Å²) in [5.41, 5.74) is 3.12. The van der Waals surface area contributed by atoms with Gasteiger partial charge >= 0.3 is 0 Å².